The van der Waals surface area contributed by atoms with Gasteiger partial charge in [0.15, 0.2) is 5.76 Å². The molecule has 186 valence electrons. The molecule has 0 saturated heterocycles. The van der Waals surface area contributed by atoms with E-state index in [2.05, 4.69) is 20.5 Å². The molecule has 6 aromatic rings. The summed E-state index contributed by atoms with van der Waals surface area (Å²) in [5.41, 5.74) is 8.73. The van der Waals surface area contributed by atoms with Gasteiger partial charge in [-0.2, -0.15) is 0 Å². The second kappa shape index (κ2) is 10.3. The Morgan fingerprint density at radius 1 is 0.730 bits per heavy atom. The molecule has 9 nitrogen and oxygen atoms in total. The van der Waals surface area contributed by atoms with Crippen molar-refractivity contribution in [3.05, 3.63) is 79.0 Å². The predicted octanol–water partition coefficient (Wildman–Crippen LogP) is 6.03. The minimum Gasteiger partial charge on any atom is -0.497 e. The number of fused-ring (bicyclic) bond motifs is 2. The number of aromatic nitrogens is 3. The van der Waals surface area contributed by atoms with Crippen molar-refractivity contribution >= 4 is 33.6 Å². The summed E-state index contributed by atoms with van der Waals surface area (Å²) in [4.78, 5) is 4.28. The maximum atomic E-state index is 5.81. The van der Waals surface area contributed by atoms with Crippen molar-refractivity contribution in [2.45, 2.75) is 0 Å². The highest BCUT2D eigenvalue weighted by Crippen LogP contribution is 2.31. The Morgan fingerprint density at radius 2 is 1.38 bits per heavy atom. The van der Waals surface area contributed by atoms with Crippen LogP contribution in [0.25, 0.3) is 44.7 Å². The standard InChI is InChI=1S/C15H14N2O2.C13H11N3O2/c1-16-15-6-3-10(9-17-15)14-8-11-7-12(18-2)4-5-13(11)19-14;1-17-9-2-4-11-8(6-9)7-12(18-11)10-3-5-13(14)16-15-10/h3-9H,1-2H3,(H,16,17);2-7H,1H3,(H2,14,16). The van der Waals surface area contributed by atoms with Crippen LogP contribution in [0.3, 0.4) is 0 Å². The molecule has 2 aromatic carbocycles. The number of nitrogens with one attached hydrogen (secondary N) is 1. The lowest BCUT2D eigenvalue weighted by molar-refractivity contribution is 0.415. The van der Waals surface area contributed by atoms with Crippen LogP contribution in [-0.2, 0) is 0 Å². The molecule has 0 aliphatic heterocycles. The minimum atomic E-state index is 0.386. The van der Waals surface area contributed by atoms with E-state index < -0.39 is 0 Å². The summed E-state index contributed by atoms with van der Waals surface area (Å²) in [6.07, 6.45) is 1.79. The first-order valence-electron chi connectivity index (χ1n) is 11.4. The van der Waals surface area contributed by atoms with Gasteiger partial charge in [-0.25, -0.2) is 4.98 Å². The molecule has 0 saturated carbocycles. The zero-order valence-corrected chi connectivity index (χ0v) is 20.6. The van der Waals surface area contributed by atoms with E-state index in [1.807, 2.05) is 67.7 Å². The third-order valence-corrected chi connectivity index (χ3v) is 5.69. The highest BCUT2D eigenvalue weighted by atomic mass is 16.5. The molecular formula is C28H25N5O4. The van der Waals surface area contributed by atoms with Crippen molar-refractivity contribution < 1.29 is 18.3 Å². The van der Waals surface area contributed by atoms with E-state index >= 15 is 0 Å². The Bertz CT molecular complexity index is 1640. The third kappa shape index (κ3) is 5.15. The maximum absolute atomic E-state index is 5.81. The highest BCUT2D eigenvalue weighted by molar-refractivity contribution is 5.84. The van der Waals surface area contributed by atoms with E-state index in [4.69, 9.17) is 24.0 Å². The molecule has 0 spiro atoms. The molecule has 0 unspecified atom stereocenters. The van der Waals surface area contributed by atoms with E-state index in [0.717, 1.165) is 50.6 Å². The fraction of sp³-hybridized carbons (Fsp3) is 0.107. The molecule has 4 aromatic heterocycles. The van der Waals surface area contributed by atoms with Gasteiger partial charge in [0.2, 0.25) is 0 Å². The number of methoxy groups -OCH3 is 2. The lowest BCUT2D eigenvalue weighted by Gasteiger charge is -1.99. The first-order chi connectivity index (χ1) is 18.1. The Kier molecular flexibility index (Phi) is 6.58. The zero-order chi connectivity index (χ0) is 25.8. The van der Waals surface area contributed by atoms with Gasteiger partial charge >= 0.3 is 0 Å². The molecule has 0 fully saturated rings. The van der Waals surface area contributed by atoms with Gasteiger partial charge in [-0.3, -0.25) is 0 Å². The number of ether oxygens (including phenoxy) is 2. The molecule has 4 heterocycles. The van der Waals surface area contributed by atoms with Crippen LogP contribution in [-0.4, -0.2) is 36.4 Å². The lowest BCUT2D eigenvalue weighted by atomic mass is 10.2. The molecular weight excluding hydrogens is 470 g/mol. The Morgan fingerprint density at radius 3 is 1.92 bits per heavy atom. The van der Waals surface area contributed by atoms with Gasteiger partial charge in [0.05, 0.1) is 14.2 Å². The summed E-state index contributed by atoms with van der Waals surface area (Å²) in [5.74, 6) is 4.30. The number of furan rings is 2. The average molecular weight is 496 g/mol. The summed E-state index contributed by atoms with van der Waals surface area (Å²) < 4.78 is 21.9. The fourth-order valence-electron chi connectivity index (χ4n) is 3.73. The molecule has 0 aliphatic carbocycles. The summed E-state index contributed by atoms with van der Waals surface area (Å²) >= 11 is 0. The molecule has 6 rings (SSSR count). The number of nitrogens with two attached hydrogens (primary N) is 1. The van der Waals surface area contributed by atoms with Crippen molar-refractivity contribution in [3.63, 3.8) is 0 Å². The van der Waals surface area contributed by atoms with E-state index in [-0.39, 0.29) is 0 Å². The molecule has 0 atom stereocenters. The molecule has 0 radical (unpaired) electrons. The van der Waals surface area contributed by atoms with E-state index in [1.165, 1.54) is 0 Å². The second-order valence-electron chi connectivity index (χ2n) is 8.05. The van der Waals surface area contributed by atoms with Gasteiger partial charge in [-0.05, 0) is 72.8 Å². The third-order valence-electron chi connectivity index (χ3n) is 5.69. The van der Waals surface area contributed by atoms with E-state index in [1.54, 1.807) is 32.5 Å². The Labute approximate surface area is 212 Å². The molecule has 37 heavy (non-hydrogen) atoms. The number of hydrogen-bond donors (Lipinski definition) is 2. The fourth-order valence-corrected chi connectivity index (χ4v) is 3.73. The highest BCUT2D eigenvalue weighted by Gasteiger charge is 2.09. The van der Waals surface area contributed by atoms with Gasteiger partial charge < -0.3 is 29.4 Å². The van der Waals surface area contributed by atoms with Crippen molar-refractivity contribution in [1.29, 1.82) is 0 Å². The van der Waals surface area contributed by atoms with E-state index in [9.17, 15) is 0 Å². The SMILES string of the molecule is CNc1ccc(-c2cc3cc(OC)ccc3o2)cn1.COc1ccc2oc(-c3ccc(N)nn3)cc2c1. The summed E-state index contributed by atoms with van der Waals surface area (Å²) in [5, 5.41) is 12.8. The number of nitrogens with zero attached hydrogens (tertiary/aromatic N) is 3. The summed E-state index contributed by atoms with van der Waals surface area (Å²) in [7, 11) is 5.13. The Balaban J connectivity index is 0.000000152. The average Bonchev–Trinajstić information content (AvgIpc) is 3.57. The number of nitrogen functional groups attached to an aromatic ring is 1. The van der Waals surface area contributed by atoms with Crippen molar-refractivity contribution in [2.24, 2.45) is 0 Å². The van der Waals surface area contributed by atoms with Crippen LogP contribution in [0, 0.1) is 0 Å². The number of hydrogen-bond acceptors (Lipinski definition) is 9. The van der Waals surface area contributed by atoms with Crippen molar-refractivity contribution in [3.8, 4) is 34.3 Å². The number of rotatable bonds is 5. The van der Waals surface area contributed by atoms with Crippen LogP contribution in [0.1, 0.15) is 0 Å². The lowest BCUT2D eigenvalue weighted by Crippen LogP contribution is -1.92. The first kappa shape index (κ1) is 23.7. The van der Waals surface area contributed by atoms with Gasteiger partial charge in [0.1, 0.15) is 45.8 Å². The van der Waals surface area contributed by atoms with Crippen molar-refractivity contribution in [2.75, 3.05) is 32.3 Å². The van der Waals surface area contributed by atoms with Gasteiger partial charge in [-0.15, -0.1) is 10.2 Å². The zero-order valence-electron chi connectivity index (χ0n) is 20.6. The number of pyridine rings is 1. The second-order valence-corrected chi connectivity index (χ2v) is 8.05. The minimum absolute atomic E-state index is 0.386. The predicted molar refractivity (Wildman–Crippen MR) is 144 cm³/mol. The van der Waals surface area contributed by atoms with Crippen LogP contribution >= 0.6 is 0 Å². The molecule has 0 amide bonds. The van der Waals surface area contributed by atoms with Crippen LogP contribution in [0.2, 0.25) is 0 Å². The van der Waals surface area contributed by atoms with Gasteiger partial charge in [0.25, 0.3) is 0 Å². The summed E-state index contributed by atoms with van der Waals surface area (Å²) in [6, 6.07) is 22.6. The van der Waals surface area contributed by atoms with Crippen LogP contribution in [0.5, 0.6) is 11.5 Å². The van der Waals surface area contributed by atoms with Crippen LogP contribution < -0.4 is 20.5 Å². The summed E-state index contributed by atoms with van der Waals surface area (Å²) in [6.45, 7) is 0. The normalized spacial score (nSPS) is 10.7. The van der Waals surface area contributed by atoms with Gasteiger partial charge in [0, 0.05) is 29.6 Å². The first-order valence-corrected chi connectivity index (χ1v) is 11.4. The molecule has 9 heteroatoms. The van der Waals surface area contributed by atoms with Crippen LogP contribution in [0.15, 0.2) is 87.8 Å². The van der Waals surface area contributed by atoms with Gasteiger partial charge in [-0.1, -0.05) is 0 Å². The number of anilines is 2. The molecule has 3 N–H and O–H groups in total. The maximum Gasteiger partial charge on any atom is 0.155 e. The van der Waals surface area contributed by atoms with E-state index in [0.29, 0.717) is 17.3 Å². The Hall–Kier alpha value is -5.05. The topological polar surface area (TPSA) is 121 Å². The largest absolute Gasteiger partial charge is 0.497 e. The number of benzene rings is 2. The monoisotopic (exact) mass is 495 g/mol. The van der Waals surface area contributed by atoms with Crippen molar-refractivity contribution in [1.82, 2.24) is 15.2 Å². The van der Waals surface area contributed by atoms with Crippen LogP contribution in [0.4, 0.5) is 11.6 Å². The quantitative estimate of drug-likeness (QED) is 0.295. The smallest absolute Gasteiger partial charge is 0.155 e. The molecule has 0 bridgehead atoms. The molecule has 0 aliphatic rings.